The van der Waals surface area contributed by atoms with Crippen LogP contribution in [0.2, 0.25) is 6.55 Å². The van der Waals surface area contributed by atoms with Crippen LogP contribution in [0.25, 0.3) is 41.7 Å². The van der Waals surface area contributed by atoms with Gasteiger partial charge in [-0.25, -0.2) is 0 Å². The van der Waals surface area contributed by atoms with E-state index < -0.39 is 8.07 Å². The van der Waals surface area contributed by atoms with E-state index in [1.54, 1.807) is 0 Å². The number of thiophene rings is 2. The van der Waals surface area contributed by atoms with Gasteiger partial charge in [0.15, 0.2) is 0 Å². The zero-order chi connectivity index (χ0) is 28.1. The number of rotatable bonds is 5. The maximum absolute atomic E-state index is 2.58. The fraction of sp³-hybridized carbons (Fsp3) is 0.0256. The summed E-state index contributed by atoms with van der Waals surface area (Å²) in [6.07, 6.45) is 0. The standard InChI is InChI=1S/C39H28S2Si/c1-42(33-15-9-4-10-16-33)38(31-17-19-34-29(25-31)21-23-40-34)36(27-11-5-2-6-12-27)37(28-13-7-3-8-14-28)39(42)32-18-20-35-30(26-32)22-24-41-35/h2-26H,1H3. The third-order valence-electron chi connectivity index (χ3n) is 8.71. The molecule has 0 N–H and O–H groups in total. The first-order chi connectivity index (χ1) is 20.7. The van der Waals surface area contributed by atoms with Crippen molar-refractivity contribution in [1.82, 2.24) is 0 Å². The summed E-state index contributed by atoms with van der Waals surface area (Å²) in [6, 6.07) is 52.3. The molecule has 0 saturated heterocycles. The minimum Gasteiger partial charge on any atom is -0.144 e. The Labute approximate surface area is 255 Å². The van der Waals surface area contributed by atoms with Crippen LogP contribution in [-0.4, -0.2) is 8.07 Å². The molecule has 3 heteroatoms. The smallest absolute Gasteiger partial charge is 0.144 e. The predicted octanol–water partition coefficient (Wildman–Crippen LogP) is 10.7. The van der Waals surface area contributed by atoms with Crippen molar-refractivity contribution in [3.63, 3.8) is 0 Å². The van der Waals surface area contributed by atoms with E-state index in [2.05, 4.69) is 157 Å². The highest BCUT2D eigenvalue weighted by Gasteiger charge is 2.48. The molecule has 0 aliphatic carbocycles. The van der Waals surface area contributed by atoms with Gasteiger partial charge in [0.05, 0.1) is 0 Å². The summed E-state index contributed by atoms with van der Waals surface area (Å²) in [5.74, 6) is 0. The molecular formula is C39H28S2Si. The number of hydrogen-bond donors (Lipinski definition) is 0. The Kier molecular flexibility index (Phi) is 6.18. The lowest BCUT2D eigenvalue weighted by molar-refractivity contribution is 1.59. The van der Waals surface area contributed by atoms with Gasteiger partial charge in [-0.2, -0.15) is 0 Å². The molecule has 7 aromatic rings. The van der Waals surface area contributed by atoms with Crippen molar-refractivity contribution in [1.29, 1.82) is 0 Å². The molecule has 1 aliphatic rings. The van der Waals surface area contributed by atoms with Gasteiger partial charge in [-0.05, 0) is 107 Å². The highest BCUT2D eigenvalue weighted by molar-refractivity contribution is 7.21. The van der Waals surface area contributed by atoms with Gasteiger partial charge in [-0.15, -0.1) is 22.7 Å². The molecule has 0 unspecified atom stereocenters. The molecule has 0 fully saturated rings. The maximum Gasteiger partial charge on any atom is 0.148 e. The molecule has 3 heterocycles. The van der Waals surface area contributed by atoms with Gasteiger partial charge in [0.1, 0.15) is 8.07 Å². The lowest BCUT2D eigenvalue weighted by Crippen LogP contribution is -2.46. The number of fused-ring (bicyclic) bond motifs is 2. The summed E-state index contributed by atoms with van der Waals surface area (Å²) in [4.78, 5) is 0. The Morgan fingerprint density at radius 1 is 0.429 bits per heavy atom. The first-order valence-corrected chi connectivity index (χ1v) is 18.6. The van der Waals surface area contributed by atoms with Crippen molar-refractivity contribution in [3.05, 3.63) is 173 Å². The Bertz CT molecular complexity index is 2000. The third-order valence-corrected chi connectivity index (χ3v) is 15.1. The molecule has 0 amide bonds. The minimum absolute atomic E-state index is 1.28. The highest BCUT2D eigenvalue weighted by atomic mass is 32.1. The zero-order valence-corrected chi connectivity index (χ0v) is 25.9. The molecule has 8 rings (SSSR count). The molecule has 0 nitrogen and oxygen atoms in total. The molecule has 1 aliphatic heterocycles. The fourth-order valence-corrected chi connectivity index (χ4v) is 13.1. The van der Waals surface area contributed by atoms with Gasteiger partial charge in [0.2, 0.25) is 0 Å². The second-order valence-corrected chi connectivity index (χ2v) is 16.8. The van der Waals surface area contributed by atoms with Gasteiger partial charge in [0, 0.05) is 9.40 Å². The van der Waals surface area contributed by atoms with E-state index in [9.17, 15) is 0 Å². The lowest BCUT2D eigenvalue weighted by atomic mass is 9.89. The highest BCUT2D eigenvalue weighted by Crippen LogP contribution is 2.56. The zero-order valence-electron chi connectivity index (χ0n) is 23.3. The second kappa shape index (κ2) is 10.2. The van der Waals surface area contributed by atoms with E-state index in [1.165, 1.54) is 69.2 Å². The summed E-state index contributed by atoms with van der Waals surface area (Å²) < 4.78 is 2.67. The molecule has 5 aromatic carbocycles. The molecule has 0 radical (unpaired) electrons. The number of hydrogen-bond acceptors (Lipinski definition) is 2. The maximum atomic E-state index is 2.58. The van der Waals surface area contributed by atoms with E-state index in [0.717, 1.165) is 0 Å². The Morgan fingerprint density at radius 2 is 0.857 bits per heavy atom. The fourth-order valence-electron chi connectivity index (χ4n) is 6.83. The lowest BCUT2D eigenvalue weighted by Gasteiger charge is -2.31. The van der Waals surface area contributed by atoms with Crippen LogP contribution in [-0.2, 0) is 0 Å². The second-order valence-electron chi connectivity index (χ2n) is 11.1. The quantitative estimate of drug-likeness (QED) is 0.175. The summed E-state index contributed by atoms with van der Waals surface area (Å²) in [5.41, 5.74) is 7.95. The Morgan fingerprint density at radius 3 is 1.31 bits per heavy atom. The molecule has 0 bridgehead atoms. The van der Waals surface area contributed by atoms with Crippen molar-refractivity contribution in [2.24, 2.45) is 0 Å². The van der Waals surface area contributed by atoms with Gasteiger partial charge >= 0.3 is 0 Å². The van der Waals surface area contributed by atoms with Crippen molar-refractivity contribution in [2.75, 3.05) is 0 Å². The van der Waals surface area contributed by atoms with E-state index in [-0.39, 0.29) is 0 Å². The number of allylic oxidation sites excluding steroid dienone is 2. The first kappa shape index (κ1) is 25.4. The molecular weight excluding hydrogens is 561 g/mol. The van der Waals surface area contributed by atoms with Crippen LogP contribution in [0, 0.1) is 0 Å². The van der Waals surface area contributed by atoms with Crippen LogP contribution in [0.4, 0.5) is 0 Å². The van der Waals surface area contributed by atoms with Crippen molar-refractivity contribution >= 4 is 77.6 Å². The number of benzene rings is 5. The predicted molar refractivity (Wildman–Crippen MR) is 188 cm³/mol. The Balaban J connectivity index is 1.56. The third kappa shape index (κ3) is 4.00. The van der Waals surface area contributed by atoms with E-state index >= 15 is 0 Å². The normalized spacial score (nSPS) is 14.8. The van der Waals surface area contributed by atoms with Crippen molar-refractivity contribution in [3.8, 4) is 0 Å². The molecule has 200 valence electrons. The van der Waals surface area contributed by atoms with Gasteiger partial charge in [-0.3, -0.25) is 0 Å². The summed E-state index contributed by atoms with van der Waals surface area (Å²) in [5, 5.41) is 11.5. The topological polar surface area (TPSA) is 0 Å². The van der Waals surface area contributed by atoms with Gasteiger partial charge < -0.3 is 0 Å². The molecule has 0 saturated carbocycles. The van der Waals surface area contributed by atoms with Crippen LogP contribution in [0.1, 0.15) is 22.3 Å². The Hall–Kier alpha value is -4.28. The largest absolute Gasteiger partial charge is 0.148 e. The summed E-state index contributed by atoms with van der Waals surface area (Å²) in [6.45, 7) is 2.58. The monoisotopic (exact) mass is 588 g/mol. The summed E-state index contributed by atoms with van der Waals surface area (Å²) in [7, 11) is -2.56. The molecule has 0 spiro atoms. The van der Waals surface area contributed by atoms with Crippen molar-refractivity contribution in [2.45, 2.75) is 6.55 Å². The first-order valence-electron chi connectivity index (χ1n) is 14.3. The van der Waals surface area contributed by atoms with Gasteiger partial charge in [-0.1, -0.05) is 110 Å². The average Bonchev–Trinajstić information content (AvgIpc) is 3.78. The van der Waals surface area contributed by atoms with Crippen LogP contribution >= 0.6 is 22.7 Å². The molecule has 0 atom stereocenters. The van der Waals surface area contributed by atoms with E-state index in [4.69, 9.17) is 0 Å². The summed E-state index contributed by atoms with van der Waals surface area (Å²) >= 11 is 3.63. The van der Waals surface area contributed by atoms with Crippen LogP contribution < -0.4 is 5.19 Å². The average molecular weight is 589 g/mol. The molecule has 2 aromatic heterocycles. The van der Waals surface area contributed by atoms with E-state index in [1.807, 2.05) is 22.7 Å². The SMILES string of the molecule is C[Si]1(c2ccccc2)C(c2ccc3sccc3c2)=C(c2ccccc2)C(c2ccccc2)=C1c1ccc2sccc2c1. The van der Waals surface area contributed by atoms with Crippen molar-refractivity contribution < 1.29 is 0 Å². The van der Waals surface area contributed by atoms with Crippen LogP contribution in [0.3, 0.4) is 0 Å². The molecule has 42 heavy (non-hydrogen) atoms. The van der Waals surface area contributed by atoms with Crippen LogP contribution in [0.5, 0.6) is 0 Å². The minimum atomic E-state index is -2.56. The van der Waals surface area contributed by atoms with Gasteiger partial charge in [0.25, 0.3) is 0 Å². The van der Waals surface area contributed by atoms with E-state index in [0.29, 0.717) is 0 Å². The van der Waals surface area contributed by atoms with Crippen LogP contribution in [0.15, 0.2) is 150 Å².